The molecule has 0 aliphatic rings. The summed E-state index contributed by atoms with van der Waals surface area (Å²) in [5.74, 6) is -0.249. The summed E-state index contributed by atoms with van der Waals surface area (Å²) in [4.78, 5) is 36.9. The van der Waals surface area contributed by atoms with E-state index in [0.717, 1.165) is 0 Å². The topological polar surface area (TPSA) is 102 Å². The number of carbonyl (C=O) groups is 2. The molecule has 29 heavy (non-hydrogen) atoms. The lowest BCUT2D eigenvalue weighted by atomic mass is 10.1. The Bertz CT molecular complexity index is 911. The number of anilines is 1. The molecule has 2 aromatic rings. The van der Waals surface area contributed by atoms with Gasteiger partial charge >= 0.3 is 0 Å². The quantitative estimate of drug-likeness (QED) is 0.396. The fourth-order valence-electron chi connectivity index (χ4n) is 2.71. The monoisotopic (exact) mass is 397 g/mol. The lowest BCUT2D eigenvalue weighted by Gasteiger charge is -2.20. The molecule has 0 radical (unpaired) electrons. The van der Waals surface area contributed by atoms with E-state index in [0.29, 0.717) is 30.0 Å². The van der Waals surface area contributed by atoms with Crippen molar-refractivity contribution in [1.82, 2.24) is 4.90 Å². The average Bonchev–Trinajstić information content (AvgIpc) is 2.72. The molecule has 0 heterocycles. The number of rotatable bonds is 9. The second-order valence-corrected chi connectivity index (χ2v) is 6.16. The summed E-state index contributed by atoms with van der Waals surface area (Å²) in [6, 6.07) is 13.1. The van der Waals surface area contributed by atoms with Crippen molar-refractivity contribution < 1.29 is 19.2 Å². The van der Waals surface area contributed by atoms with Gasteiger partial charge in [-0.3, -0.25) is 19.7 Å². The number of amides is 2. The van der Waals surface area contributed by atoms with Crippen molar-refractivity contribution in [2.24, 2.45) is 0 Å². The van der Waals surface area contributed by atoms with Gasteiger partial charge in [-0.15, -0.1) is 0 Å². The molecule has 0 aliphatic carbocycles. The van der Waals surface area contributed by atoms with Crippen LogP contribution in [0.2, 0.25) is 0 Å². The summed E-state index contributed by atoms with van der Waals surface area (Å²) in [5.41, 5.74) is 0.743. The van der Waals surface area contributed by atoms with Crippen LogP contribution >= 0.6 is 0 Å². The summed E-state index contributed by atoms with van der Waals surface area (Å²) in [5, 5.41) is 13.8. The standard InChI is InChI=1S/C21H23N3O5/c1-3-14-23(15-20(25)22-17-9-5-7-11-19(17)29-2)21(26)13-12-16-8-4-6-10-18(16)24(27)28/h4-13H,3,14-15H2,1-2H3,(H,22,25). The third kappa shape index (κ3) is 6.17. The van der Waals surface area contributed by atoms with Crippen LogP contribution in [-0.2, 0) is 9.59 Å². The van der Waals surface area contributed by atoms with E-state index < -0.39 is 10.8 Å². The van der Waals surface area contributed by atoms with Crippen molar-refractivity contribution in [2.45, 2.75) is 13.3 Å². The number of carbonyl (C=O) groups excluding carboxylic acids is 2. The third-order valence-electron chi connectivity index (χ3n) is 4.06. The Balaban J connectivity index is 2.09. The van der Waals surface area contributed by atoms with E-state index in [2.05, 4.69) is 5.32 Å². The maximum absolute atomic E-state index is 12.6. The predicted octanol–water partition coefficient (Wildman–Crippen LogP) is 3.49. The van der Waals surface area contributed by atoms with Gasteiger partial charge in [0, 0.05) is 18.7 Å². The highest BCUT2D eigenvalue weighted by molar-refractivity contribution is 5.98. The number of hydrogen-bond acceptors (Lipinski definition) is 5. The van der Waals surface area contributed by atoms with Gasteiger partial charge in [-0.2, -0.15) is 0 Å². The van der Waals surface area contributed by atoms with Crippen LogP contribution in [0.5, 0.6) is 5.75 Å². The number of benzene rings is 2. The largest absolute Gasteiger partial charge is 0.495 e. The van der Waals surface area contributed by atoms with Crippen LogP contribution in [0, 0.1) is 10.1 Å². The van der Waals surface area contributed by atoms with Gasteiger partial charge in [-0.1, -0.05) is 31.2 Å². The van der Waals surface area contributed by atoms with E-state index >= 15 is 0 Å². The van der Waals surface area contributed by atoms with Gasteiger partial charge in [0.25, 0.3) is 5.69 Å². The Hall–Kier alpha value is -3.68. The first kappa shape index (κ1) is 21.6. The van der Waals surface area contributed by atoms with Gasteiger partial charge in [0.2, 0.25) is 11.8 Å². The molecule has 0 saturated carbocycles. The van der Waals surface area contributed by atoms with Crippen LogP contribution in [0.15, 0.2) is 54.6 Å². The Morgan fingerprint density at radius 3 is 2.55 bits per heavy atom. The summed E-state index contributed by atoms with van der Waals surface area (Å²) in [7, 11) is 1.51. The number of nitrogens with zero attached hydrogens (tertiary/aromatic N) is 2. The maximum Gasteiger partial charge on any atom is 0.276 e. The molecular weight excluding hydrogens is 374 g/mol. The molecule has 0 aromatic heterocycles. The first-order valence-corrected chi connectivity index (χ1v) is 9.09. The van der Waals surface area contributed by atoms with Crippen molar-refractivity contribution in [3.05, 3.63) is 70.3 Å². The van der Waals surface area contributed by atoms with E-state index in [4.69, 9.17) is 4.74 Å². The molecule has 2 rings (SSSR count). The van der Waals surface area contributed by atoms with Gasteiger partial charge in [-0.25, -0.2) is 0 Å². The molecule has 0 unspecified atom stereocenters. The van der Waals surface area contributed by atoms with E-state index in [1.54, 1.807) is 42.5 Å². The molecule has 8 nitrogen and oxygen atoms in total. The van der Waals surface area contributed by atoms with Gasteiger partial charge in [0.05, 0.1) is 23.3 Å². The summed E-state index contributed by atoms with van der Waals surface area (Å²) in [6.45, 7) is 2.12. The molecule has 0 aliphatic heterocycles. The first-order chi connectivity index (χ1) is 14.0. The predicted molar refractivity (Wildman–Crippen MR) is 111 cm³/mol. The highest BCUT2D eigenvalue weighted by Crippen LogP contribution is 2.23. The number of nitro benzene ring substituents is 1. The second-order valence-electron chi connectivity index (χ2n) is 6.16. The minimum absolute atomic E-state index is 0.0903. The van der Waals surface area contributed by atoms with Crippen molar-refractivity contribution in [3.8, 4) is 5.75 Å². The van der Waals surface area contributed by atoms with Crippen LogP contribution in [0.1, 0.15) is 18.9 Å². The summed E-state index contributed by atoms with van der Waals surface area (Å²) in [6.07, 6.45) is 3.29. The van der Waals surface area contributed by atoms with Gasteiger partial charge in [-0.05, 0) is 30.7 Å². The molecule has 0 bridgehead atoms. The Kier molecular flexibility index (Phi) is 7.90. The highest BCUT2D eigenvalue weighted by atomic mass is 16.6. The Labute approximate surface area is 168 Å². The smallest absolute Gasteiger partial charge is 0.276 e. The fourth-order valence-corrected chi connectivity index (χ4v) is 2.71. The number of methoxy groups -OCH3 is 1. The van der Waals surface area contributed by atoms with Crippen LogP contribution < -0.4 is 10.1 Å². The Morgan fingerprint density at radius 2 is 1.86 bits per heavy atom. The van der Waals surface area contributed by atoms with E-state index in [9.17, 15) is 19.7 Å². The molecule has 0 saturated heterocycles. The average molecular weight is 397 g/mol. The van der Waals surface area contributed by atoms with E-state index in [1.807, 2.05) is 6.92 Å². The fraction of sp³-hybridized carbons (Fsp3) is 0.238. The van der Waals surface area contributed by atoms with Crippen molar-refractivity contribution in [2.75, 3.05) is 25.5 Å². The molecule has 8 heteroatoms. The van der Waals surface area contributed by atoms with E-state index in [-0.39, 0.29) is 18.1 Å². The highest BCUT2D eigenvalue weighted by Gasteiger charge is 2.16. The van der Waals surface area contributed by atoms with Gasteiger partial charge in [0.1, 0.15) is 12.3 Å². The first-order valence-electron chi connectivity index (χ1n) is 9.09. The summed E-state index contributed by atoms with van der Waals surface area (Å²) >= 11 is 0. The molecule has 0 atom stereocenters. The molecule has 0 spiro atoms. The summed E-state index contributed by atoms with van der Waals surface area (Å²) < 4.78 is 5.20. The molecule has 2 aromatic carbocycles. The normalized spacial score (nSPS) is 10.6. The van der Waals surface area contributed by atoms with Gasteiger partial charge < -0.3 is 15.0 Å². The lowest BCUT2D eigenvalue weighted by molar-refractivity contribution is -0.385. The minimum atomic E-state index is -0.505. The van der Waals surface area contributed by atoms with E-state index in [1.165, 1.54) is 30.2 Å². The molecule has 1 N–H and O–H groups in total. The van der Waals surface area contributed by atoms with Gasteiger partial charge in [0.15, 0.2) is 0 Å². The number of ether oxygens (including phenoxy) is 1. The zero-order chi connectivity index (χ0) is 21.2. The van der Waals surface area contributed by atoms with Crippen LogP contribution in [0.25, 0.3) is 6.08 Å². The molecular formula is C21H23N3O5. The minimum Gasteiger partial charge on any atom is -0.495 e. The lowest BCUT2D eigenvalue weighted by Crippen LogP contribution is -2.37. The van der Waals surface area contributed by atoms with Crippen molar-refractivity contribution in [3.63, 3.8) is 0 Å². The van der Waals surface area contributed by atoms with Crippen molar-refractivity contribution >= 4 is 29.3 Å². The zero-order valence-corrected chi connectivity index (χ0v) is 16.3. The zero-order valence-electron chi connectivity index (χ0n) is 16.3. The number of nitrogens with one attached hydrogen (secondary N) is 1. The number of para-hydroxylation sites is 3. The number of hydrogen-bond donors (Lipinski definition) is 1. The van der Waals surface area contributed by atoms with Crippen molar-refractivity contribution in [1.29, 1.82) is 0 Å². The Morgan fingerprint density at radius 1 is 1.17 bits per heavy atom. The van der Waals surface area contributed by atoms with Crippen LogP contribution in [-0.4, -0.2) is 41.8 Å². The maximum atomic E-state index is 12.6. The van der Waals surface area contributed by atoms with Crippen LogP contribution in [0.4, 0.5) is 11.4 Å². The SMILES string of the molecule is CCCN(CC(=O)Nc1ccccc1OC)C(=O)C=Cc1ccccc1[N+](=O)[O-]. The molecule has 152 valence electrons. The third-order valence-corrected chi connectivity index (χ3v) is 4.06. The molecule has 0 fully saturated rings. The second kappa shape index (κ2) is 10.6. The number of nitro groups is 1. The molecule has 2 amide bonds. The van der Waals surface area contributed by atoms with Crippen LogP contribution in [0.3, 0.4) is 0 Å².